The summed E-state index contributed by atoms with van der Waals surface area (Å²) in [6.45, 7) is 4.05. The predicted molar refractivity (Wildman–Crippen MR) is 72.8 cm³/mol. The van der Waals surface area contributed by atoms with E-state index in [2.05, 4.69) is 11.8 Å². The van der Waals surface area contributed by atoms with Crippen LogP contribution in [0.2, 0.25) is 0 Å². The summed E-state index contributed by atoms with van der Waals surface area (Å²) >= 11 is 0. The molecular weight excluding hydrogens is 227 g/mol. The zero-order chi connectivity index (χ0) is 13.0. The highest BCUT2D eigenvalue weighted by Crippen LogP contribution is 2.29. The van der Waals surface area contributed by atoms with Crippen molar-refractivity contribution < 1.29 is 4.39 Å². The molecule has 0 saturated heterocycles. The van der Waals surface area contributed by atoms with Gasteiger partial charge < -0.3 is 5.73 Å². The molecule has 100 valence electrons. The molecule has 3 heteroatoms. The van der Waals surface area contributed by atoms with Crippen molar-refractivity contribution in [1.29, 1.82) is 0 Å². The van der Waals surface area contributed by atoms with Crippen molar-refractivity contribution in [3.8, 4) is 0 Å². The van der Waals surface area contributed by atoms with Crippen molar-refractivity contribution in [3.05, 3.63) is 35.6 Å². The van der Waals surface area contributed by atoms with E-state index < -0.39 is 0 Å². The normalized spacial score (nSPS) is 17.1. The fourth-order valence-corrected chi connectivity index (χ4v) is 2.35. The molecule has 0 spiro atoms. The quantitative estimate of drug-likeness (QED) is 0.805. The van der Waals surface area contributed by atoms with Gasteiger partial charge in [0.2, 0.25) is 0 Å². The molecule has 1 aromatic carbocycles. The topological polar surface area (TPSA) is 29.3 Å². The summed E-state index contributed by atoms with van der Waals surface area (Å²) in [4.78, 5) is 2.43. The zero-order valence-corrected chi connectivity index (χ0v) is 11.1. The van der Waals surface area contributed by atoms with Crippen LogP contribution in [0.1, 0.15) is 44.2 Å². The van der Waals surface area contributed by atoms with Crippen LogP contribution in [0, 0.1) is 5.82 Å². The summed E-state index contributed by atoms with van der Waals surface area (Å²) in [6, 6.07) is 7.32. The van der Waals surface area contributed by atoms with Crippen molar-refractivity contribution in [1.82, 2.24) is 4.90 Å². The summed E-state index contributed by atoms with van der Waals surface area (Å²) in [6.07, 6.45) is 4.93. The number of unbranched alkanes of at least 4 members (excludes halogenated alkanes) is 1. The minimum Gasteiger partial charge on any atom is -0.323 e. The Hall–Kier alpha value is -0.930. The minimum absolute atomic E-state index is 0.184. The standard InChI is InChI=1S/C15H23FN2/c1-2-3-10-18(12-8-9-12)11-15(17)13-6-4-5-7-14(13)16/h4-7,12,15H,2-3,8-11,17H2,1H3. The predicted octanol–water partition coefficient (Wildman–Crippen LogP) is 3.09. The third-order valence-corrected chi connectivity index (χ3v) is 3.60. The fraction of sp³-hybridized carbons (Fsp3) is 0.600. The van der Waals surface area contributed by atoms with Crippen LogP contribution in [0.3, 0.4) is 0 Å². The Morgan fingerprint density at radius 1 is 1.39 bits per heavy atom. The highest BCUT2D eigenvalue weighted by atomic mass is 19.1. The summed E-state index contributed by atoms with van der Waals surface area (Å²) in [5.74, 6) is -0.184. The molecule has 1 aliphatic carbocycles. The second kappa shape index (κ2) is 6.30. The third kappa shape index (κ3) is 3.53. The van der Waals surface area contributed by atoms with E-state index in [0.29, 0.717) is 11.6 Å². The molecule has 0 radical (unpaired) electrons. The maximum Gasteiger partial charge on any atom is 0.128 e. The molecule has 2 rings (SSSR count). The van der Waals surface area contributed by atoms with E-state index in [0.717, 1.165) is 13.1 Å². The fourth-order valence-electron chi connectivity index (χ4n) is 2.35. The average Bonchev–Trinajstić information content (AvgIpc) is 3.19. The molecule has 1 atom stereocenters. The Morgan fingerprint density at radius 2 is 2.11 bits per heavy atom. The molecule has 2 nitrogen and oxygen atoms in total. The Kier molecular flexibility index (Phi) is 4.72. The van der Waals surface area contributed by atoms with Crippen LogP contribution in [0.4, 0.5) is 4.39 Å². The van der Waals surface area contributed by atoms with Crippen LogP contribution in [-0.4, -0.2) is 24.0 Å². The first-order valence-electron chi connectivity index (χ1n) is 6.96. The number of benzene rings is 1. The van der Waals surface area contributed by atoms with Crippen molar-refractivity contribution in [2.24, 2.45) is 5.73 Å². The number of halogens is 1. The molecule has 0 aliphatic heterocycles. The van der Waals surface area contributed by atoms with E-state index in [1.54, 1.807) is 12.1 Å². The maximum atomic E-state index is 13.7. The monoisotopic (exact) mass is 250 g/mol. The van der Waals surface area contributed by atoms with Gasteiger partial charge in [0.15, 0.2) is 0 Å². The highest BCUT2D eigenvalue weighted by Gasteiger charge is 2.29. The van der Waals surface area contributed by atoms with Gasteiger partial charge in [-0.15, -0.1) is 0 Å². The van der Waals surface area contributed by atoms with E-state index in [1.165, 1.54) is 31.7 Å². The number of nitrogens with two attached hydrogens (primary N) is 1. The van der Waals surface area contributed by atoms with Crippen molar-refractivity contribution in [3.63, 3.8) is 0 Å². The van der Waals surface area contributed by atoms with Gasteiger partial charge in [0.05, 0.1) is 0 Å². The summed E-state index contributed by atoms with van der Waals surface area (Å²) < 4.78 is 13.7. The van der Waals surface area contributed by atoms with Gasteiger partial charge in [0, 0.05) is 24.2 Å². The lowest BCUT2D eigenvalue weighted by atomic mass is 10.1. The molecule has 1 unspecified atom stereocenters. The molecule has 1 aliphatic rings. The second-order valence-electron chi connectivity index (χ2n) is 5.21. The molecule has 0 heterocycles. The van der Waals surface area contributed by atoms with Gasteiger partial charge in [0.25, 0.3) is 0 Å². The van der Waals surface area contributed by atoms with Gasteiger partial charge in [-0.05, 0) is 31.9 Å². The van der Waals surface area contributed by atoms with E-state index in [9.17, 15) is 4.39 Å². The first-order valence-corrected chi connectivity index (χ1v) is 6.96. The number of nitrogens with zero attached hydrogens (tertiary/aromatic N) is 1. The van der Waals surface area contributed by atoms with Crippen LogP contribution in [-0.2, 0) is 0 Å². The lowest BCUT2D eigenvalue weighted by Crippen LogP contribution is -2.35. The number of rotatable bonds is 7. The van der Waals surface area contributed by atoms with Gasteiger partial charge in [-0.2, -0.15) is 0 Å². The molecular formula is C15H23FN2. The van der Waals surface area contributed by atoms with E-state index >= 15 is 0 Å². The number of hydrogen-bond acceptors (Lipinski definition) is 2. The minimum atomic E-state index is -0.219. The molecule has 18 heavy (non-hydrogen) atoms. The van der Waals surface area contributed by atoms with Gasteiger partial charge in [-0.3, -0.25) is 4.90 Å². The number of hydrogen-bond donors (Lipinski definition) is 1. The molecule has 1 saturated carbocycles. The summed E-state index contributed by atoms with van der Waals surface area (Å²) in [7, 11) is 0. The Bertz CT molecular complexity index is 377. The molecule has 1 aromatic rings. The van der Waals surface area contributed by atoms with Gasteiger partial charge in [0.1, 0.15) is 5.82 Å². The summed E-state index contributed by atoms with van der Waals surface area (Å²) in [5, 5.41) is 0. The SMILES string of the molecule is CCCCN(CC(N)c1ccccc1F)C1CC1. The smallest absolute Gasteiger partial charge is 0.128 e. The Balaban J connectivity index is 1.96. The van der Waals surface area contributed by atoms with Gasteiger partial charge in [-0.25, -0.2) is 4.39 Å². The molecule has 2 N–H and O–H groups in total. The largest absolute Gasteiger partial charge is 0.323 e. The van der Waals surface area contributed by atoms with E-state index in [1.807, 2.05) is 6.07 Å². The molecule has 0 aromatic heterocycles. The Labute approximate surface area is 109 Å². The second-order valence-corrected chi connectivity index (χ2v) is 5.21. The molecule has 0 bridgehead atoms. The first-order chi connectivity index (χ1) is 8.72. The lowest BCUT2D eigenvalue weighted by molar-refractivity contribution is 0.242. The Morgan fingerprint density at radius 3 is 2.72 bits per heavy atom. The lowest BCUT2D eigenvalue weighted by Gasteiger charge is -2.25. The molecule has 0 amide bonds. The van der Waals surface area contributed by atoms with Crippen LogP contribution < -0.4 is 5.73 Å². The van der Waals surface area contributed by atoms with E-state index in [-0.39, 0.29) is 11.9 Å². The molecule has 1 fully saturated rings. The van der Waals surface area contributed by atoms with Crippen LogP contribution in [0.25, 0.3) is 0 Å². The van der Waals surface area contributed by atoms with Crippen molar-refractivity contribution in [2.45, 2.75) is 44.7 Å². The van der Waals surface area contributed by atoms with Crippen LogP contribution in [0.5, 0.6) is 0 Å². The average molecular weight is 250 g/mol. The van der Waals surface area contributed by atoms with Crippen LogP contribution >= 0.6 is 0 Å². The summed E-state index contributed by atoms with van der Waals surface area (Å²) in [5.41, 5.74) is 6.79. The van der Waals surface area contributed by atoms with Crippen LogP contribution in [0.15, 0.2) is 24.3 Å². The maximum absolute atomic E-state index is 13.7. The van der Waals surface area contributed by atoms with Gasteiger partial charge >= 0.3 is 0 Å². The van der Waals surface area contributed by atoms with Crippen molar-refractivity contribution >= 4 is 0 Å². The highest BCUT2D eigenvalue weighted by molar-refractivity contribution is 5.21. The zero-order valence-electron chi connectivity index (χ0n) is 11.1. The van der Waals surface area contributed by atoms with E-state index in [4.69, 9.17) is 5.73 Å². The first kappa shape index (κ1) is 13.5. The third-order valence-electron chi connectivity index (χ3n) is 3.60. The van der Waals surface area contributed by atoms with Crippen molar-refractivity contribution in [2.75, 3.05) is 13.1 Å². The van der Waals surface area contributed by atoms with Gasteiger partial charge in [-0.1, -0.05) is 31.5 Å².